The zero-order chi connectivity index (χ0) is 35.0. The molecule has 19 nitrogen and oxygen atoms in total. The first-order valence-electron chi connectivity index (χ1n) is 14.2. The number of esters is 1. The van der Waals surface area contributed by atoms with Crippen molar-refractivity contribution in [2.24, 2.45) is 0 Å². The van der Waals surface area contributed by atoms with Gasteiger partial charge in [-0.1, -0.05) is 0 Å². The first kappa shape index (κ1) is 34.7. The smallest absolute Gasteiger partial charge is 0.317 e. The second-order valence-corrected chi connectivity index (χ2v) is 11.1. The van der Waals surface area contributed by atoms with Crippen LogP contribution in [0.5, 0.6) is 34.5 Å². The van der Waals surface area contributed by atoms with Gasteiger partial charge in [-0.25, -0.2) is 0 Å². The number of aliphatic hydroxyl groups excluding tert-OH is 5. The van der Waals surface area contributed by atoms with Crippen molar-refractivity contribution in [3.8, 4) is 34.5 Å². The lowest BCUT2D eigenvalue weighted by Crippen LogP contribution is -2.63. The Morgan fingerprint density at radius 2 is 1.52 bits per heavy atom. The summed E-state index contributed by atoms with van der Waals surface area (Å²) in [4.78, 5) is 22.8. The minimum Gasteiger partial charge on any atom is -0.508 e. The van der Waals surface area contributed by atoms with Crippen LogP contribution in [-0.4, -0.2) is 137 Å². The number of fused-ring (bicyclic) bond motifs is 1. The van der Waals surface area contributed by atoms with Crippen LogP contribution >= 0.6 is 0 Å². The fraction of sp³-hybridized carbons (Fsp3) is 0.448. The molecule has 2 fully saturated rings. The number of phenols is 5. The van der Waals surface area contributed by atoms with E-state index in [9.17, 15) is 60.7 Å². The van der Waals surface area contributed by atoms with Crippen LogP contribution in [0.25, 0.3) is 6.08 Å². The van der Waals surface area contributed by atoms with Crippen LogP contribution in [0.1, 0.15) is 23.7 Å². The van der Waals surface area contributed by atoms with E-state index in [4.69, 9.17) is 33.5 Å². The number of phenolic OH excluding ortho intramolecular Hbond substituents is 5. The van der Waals surface area contributed by atoms with E-state index in [-0.39, 0.29) is 22.6 Å². The van der Waals surface area contributed by atoms with E-state index >= 15 is 0 Å². The average Bonchev–Trinajstić information content (AvgIpc) is 3.02. The molecule has 1 unspecified atom stereocenters. The van der Waals surface area contributed by atoms with E-state index in [1.165, 1.54) is 6.08 Å². The molecule has 0 spiro atoms. The van der Waals surface area contributed by atoms with Crippen molar-refractivity contribution in [2.75, 3.05) is 13.2 Å². The van der Waals surface area contributed by atoms with E-state index in [1.54, 1.807) is 0 Å². The molecule has 3 heterocycles. The van der Waals surface area contributed by atoms with E-state index < -0.39 is 122 Å². The number of carbonyl (C=O) groups is 2. The molecule has 0 aromatic heterocycles. The molecule has 0 radical (unpaired) electrons. The van der Waals surface area contributed by atoms with Crippen LogP contribution in [-0.2, 0) is 33.3 Å². The average molecular weight is 685 g/mol. The van der Waals surface area contributed by atoms with Gasteiger partial charge in [0, 0.05) is 17.7 Å². The minimum absolute atomic E-state index is 0.0533. The van der Waals surface area contributed by atoms with Gasteiger partial charge >= 0.3 is 11.9 Å². The van der Waals surface area contributed by atoms with Gasteiger partial charge < -0.3 is 84.6 Å². The molecule has 0 aliphatic carbocycles. The molecule has 10 atom stereocenters. The van der Waals surface area contributed by atoms with Crippen molar-refractivity contribution < 1.29 is 94.2 Å². The molecule has 2 saturated heterocycles. The first-order chi connectivity index (χ1) is 22.6. The predicted octanol–water partition coefficient (Wildman–Crippen LogP) is -2.01. The number of carboxylic acid groups (broad SMARTS) is 1. The van der Waals surface area contributed by atoms with E-state index in [0.29, 0.717) is 0 Å². The summed E-state index contributed by atoms with van der Waals surface area (Å²) < 4.78 is 33.6. The minimum atomic E-state index is -1.99. The summed E-state index contributed by atoms with van der Waals surface area (Å²) in [6.07, 6.45) is -17.4. The normalized spacial score (nSPS) is 31.6. The number of hydrogen-bond donors (Lipinski definition) is 11. The molecular formula is C29H32O19. The Bertz CT molecular complexity index is 1540. The number of rotatable bonds is 9. The fourth-order valence-corrected chi connectivity index (χ4v) is 5.17. The van der Waals surface area contributed by atoms with Crippen LogP contribution in [0.15, 0.2) is 30.0 Å². The Labute approximate surface area is 269 Å². The van der Waals surface area contributed by atoms with Gasteiger partial charge in [-0.3, -0.25) is 9.59 Å². The molecule has 0 amide bonds. The topological polar surface area (TPSA) is 312 Å². The summed E-state index contributed by atoms with van der Waals surface area (Å²) in [7, 11) is 0. The van der Waals surface area contributed by atoms with Crippen LogP contribution < -0.4 is 4.74 Å². The SMILES string of the molecule is O=C(O)CC(=O)OC[C@H]1O[C@@H](OC2=Cc3c(O)cc(O)cc3OC2c2cc(O)c(O)c(O)c2)[C@@H](O[C@@H]2OC[C@@H](O)[C@@H](O)[C@H]2O)[C@H](O)[C@@H]1O. The van der Waals surface area contributed by atoms with Gasteiger partial charge in [0.15, 0.2) is 35.7 Å². The van der Waals surface area contributed by atoms with Crippen molar-refractivity contribution in [3.05, 3.63) is 41.2 Å². The summed E-state index contributed by atoms with van der Waals surface area (Å²) in [5.74, 6) is -6.45. The largest absolute Gasteiger partial charge is 0.508 e. The van der Waals surface area contributed by atoms with Crippen LogP contribution in [0.2, 0.25) is 0 Å². The third kappa shape index (κ3) is 7.12. The number of ether oxygens (including phenoxy) is 6. The lowest BCUT2D eigenvalue weighted by atomic mass is 9.97. The van der Waals surface area contributed by atoms with Crippen molar-refractivity contribution in [1.82, 2.24) is 0 Å². The lowest BCUT2D eigenvalue weighted by molar-refractivity contribution is -0.352. The highest BCUT2D eigenvalue weighted by molar-refractivity contribution is 5.90. The Morgan fingerprint density at radius 3 is 2.19 bits per heavy atom. The molecule has 2 aromatic carbocycles. The molecule has 5 rings (SSSR count). The molecule has 2 aromatic rings. The van der Waals surface area contributed by atoms with E-state index in [0.717, 1.165) is 24.3 Å². The number of aromatic hydroxyl groups is 5. The number of carbonyl (C=O) groups excluding carboxylic acids is 1. The monoisotopic (exact) mass is 684 g/mol. The van der Waals surface area contributed by atoms with Gasteiger partial charge in [0.25, 0.3) is 0 Å². The molecule has 262 valence electrons. The third-order valence-corrected chi connectivity index (χ3v) is 7.64. The standard InChI is InChI=1S/C29H32O19/c30-10-3-12(31)11-5-17(26(45-16(11)4-10)9-1-13(32)21(38)14(33)2-9)46-29-27(48-28-25(42)22(39)15(34)7-44-28)24(41)23(40)18(47-29)8-43-20(37)6-19(35)36/h1-5,15,18,22-34,38-42H,6-8H2,(H,35,36)/t15-,18-,22-,23-,24-,25-,26?,27+,28+,29-/m1/s1. The summed E-state index contributed by atoms with van der Waals surface area (Å²) in [5, 5.41) is 112. The Balaban J connectivity index is 1.52. The van der Waals surface area contributed by atoms with Crippen molar-refractivity contribution in [3.63, 3.8) is 0 Å². The maximum Gasteiger partial charge on any atom is 0.317 e. The molecule has 0 bridgehead atoms. The summed E-state index contributed by atoms with van der Waals surface area (Å²) in [5.41, 5.74) is -0.124. The number of benzene rings is 2. The molecule has 19 heteroatoms. The lowest BCUT2D eigenvalue weighted by Gasteiger charge is -2.45. The van der Waals surface area contributed by atoms with Gasteiger partial charge in [0.05, 0.1) is 12.2 Å². The highest BCUT2D eigenvalue weighted by Gasteiger charge is 2.51. The molecule has 48 heavy (non-hydrogen) atoms. The number of carboxylic acids is 1. The van der Waals surface area contributed by atoms with Gasteiger partial charge in [0.2, 0.25) is 6.29 Å². The zero-order valence-corrected chi connectivity index (χ0v) is 24.5. The van der Waals surface area contributed by atoms with Gasteiger partial charge in [-0.15, -0.1) is 0 Å². The quantitative estimate of drug-likeness (QED) is 0.0772. The number of aliphatic carboxylic acids is 1. The van der Waals surface area contributed by atoms with Crippen molar-refractivity contribution in [2.45, 2.75) is 67.8 Å². The summed E-state index contributed by atoms with van der Waals surface area (Å²) in [6.45, 7) is -1.31. The molecule has 3 aliphatic rings. The van der Waals surface area contributed by atoms with E-state index in [1.807, 2.05) is 0 Å². The van der Waals surface area contributed by atoms with Crippen LogP contribution in [0.4, 0.5) is 0 Å². The van der Waals surface area contributed by atoms with Gasteiger partial charge in [-0.2, -0.15) is 0 Å². The maximum absolute atomic E-state index is 11.9. The maximum atomic E-state index is 11.9. The molecular weight excluding hydrogens is 652 g/mol. The highest BCUT2D eigenvalue weighted by Crippen LogP contribution is 2.47. The Morgan fingerprint density at radius 1 is 0.833 bits per heavy atom. The highest BCUT2D eigenvalue weighted by atomic mass is 16.8. The van der Waals surface area contributed by atoms with Gasteiger partial charge in [-0.05, 0) is 18.2 Å². The Kier molecular flexibility index (Phi) is 10.0. The summed E-state index contributed by atoms with van der Waals surface area (Å²) in [6, 6.07) is 4.08. The van der Waals surface area contributed by atoms with Crippen LogP contribution in [0.3, 0.4) is 0 Å². The van der Waals surface area contributed by atoms with Crippen molar-refractivity contribution >= 4 is 18.0 Å². The third-order valence-electron chi connectivity index (χ3n) is 7.64. The second-order valence-electron chi connectivity index (χ2n) is 11.1. The number of hydrogen-bond acceptors (Lipinski definition) is 18. The van der Waals surface area contributed by atoms with Crippen LogP contribution in [0, 0.1) is 0 Å². The molecule has 0 saturated carbocycles. The zero-order valence-electron chi connectivity index (χ0n) is 24.5. The van der Waals surface area contributed by atoms with Crippen molar-refractivity contribution in [1.29, 1.82) is 0 Å². The predicted molar refractivity (Wildman–Crippen MR) is 150 cm³/mol. The fourth-order valence-electron chi connectivity index (χ4n) is 5.17. The van der Waals surface area contributed by atoms with E-state index in [2.05, 4.69) is 0 Å². The Hall–Kier alpha value is -4.60. The molecule has 3 aliphatic heterocycles. The number of aliphatic hydroxyl groups is 5. The molecule has 11 N–H and O–H groups in total. The summed E-state index contributed by atoms with van der Waals surface area (Å²) >= 11 is 0. The first-order valence-corrected chi connectivity index (χ1v) is 14.2. The second kappa shape index (κ2) is 13.9. The van der Waals surface area contributed by atoms with Gasteiger partial charge in [0.1, 0.15) is 72.7 Å².